The normalized spacial score (nSPS) is 13.9. The van der Waals surface area contributed by atoms with Gasteiger partial charge in [0.2, 0.25) is 5.91 Å². The number of nitrogens with zero attached hydrogens (tertiary/aromatic N) is 2. The first-order valence-corrected chi connectivity index (χ1v) is 11.5. The van der Waals surface area contributed by atoms with Gasteiger partial charge in [0, 0.05) is 32.7 Å². The van der Waals surface area contributed by atoms with Gasteiger partial charge in [0.05, 0.1) is 30.6 Å². The van der Waals surface area contributed by atoms with Gasteiger partial charge in [0.25, 0.3) is 5.91 Å². The molecule has 2 N–H and O–H groups in total. The average molecular weight is 459 g/mol. The SMILES string of the molecule is COc1ccccc1N1CCN(CC(=O)Nc2ccccc2C(=O)NCc2ccccc2)CC1. The van der Waals surface area contributed by atoms with E-state index in [-0.39, 0.29) is 18.4 Å². The zero-order valence-corrected chi connectivity index (χ0v) is 19.4. The highest BCUT2D eigenvalue weighted by atomic mass is 16.5. The predicted molar refractivity (Wildman–Crippen MR) is 134 cm³/mol. The molecular formula is C27H30N4O3. The van der Waals surface area contributed by atoms with Crippen LogP contribution in [0.4, 0.5) is 11.4 Å². The van der Waals surface area contributed by atoms with E-state index in [0.717, 1.165) is 43.2 Å². The first kappa shape index (κ1) is 23.3. The molecule has 1 aliphatic rings. The van der Waals surface area contributed by atoms with Crippen LogP contribution in [0.3, 0.4) is 0 Å². The Kier molecular flexibility index (Phi) is 7.78. The standard InChI is InChI=1S/C27H30N4O3/c1-34-25-14-8-7-13-24(25)31-17-15-30(16-18-31)20-26(32)29-23-12-6-5-11-22(23)27(33)28-19-21-9-3-2-4-10-21/h2-14H,15-20H2,1H3,(H,28,33)(H,29,32). The monoisotopic (exact) mass is 458 g/mol. The van der Waals surface area contributed by atoms with E-state index < -0.39 is 0 Å². The number of methoxy groups -OCH3 is 1. The number of carbonyl (C=O) groups excluding carboxylic acids is 2. The van der Waals surface area contributed by atoms with Crippen molar-refractivity contribution in [3.8, 4) is 5.75 Å². The predicted octanol–water partition coefficient (Wildman–Crippen LogP) is 3.39. The van der Waals surface area contributed by atoms with Crippen molar-refractivity contribution in [2.24, 2.45) is 0 Å². The van der Waals surface area contributed by atoms with Crippen LogP contribution in [0.1, 0.15) is 15.9 Å². The molecule has 0 unspecified atom stereocenters. The summed E-state index contributed by atoms with van der Waals surface area (Å²) in [6.45, 7) is 3.87. The molecule has 0 bridgehead atoms. The Bertz CT molecular complexity index is 1110. The molecule has 0 radical (unpaired) electrons. The van der Waals surface area contributed by atoms with Gasteiger partial charge in [-0.3, -0.25) is 14.5 Å². The number of anilines is 2. The van der Waals surface area contributed by atoms with E-state index in [4.69, 9.17) is 4.74 Å². The summed E-state index contributed by atoms with van der Waals surface area (Å²) < 4.78 is 5.48. The molecule has 7 nitrogen and oxygen atoms in total. The van der Waals surface area contributed by atoms with E-state index in [1.54, 1.807) is 25.3 Å². The smallest absolute Gasteiger partial charge is 0.253 e. The number of rotatable bonds is 8. The van der Waals surface area contributed by atoms with Gasteiger partial charge in [-0.15, -0.1) is 0 Å². The molecular weight excluding hydrogens is 428 g/mol. The lowest BCUT2D eigenvalue weighted by Crippen LogP contribution is -2.48. The lowest BCUT2D eigenvalue weighted by Gasteiger charge is -2.36. The Labute approximate surface area is 200 Å². The molecule has 0 spiro atoms. The van der Waals surface area contributed by atoms with Crippen LogP contribution < -0.4 is 20.3 Å². The van der Waals surface area contributed by atoms with Gasteiger partial charge in [-0.1, -0.05) is 54.6 Å². The highest BCUT2D eigenvalue weighted by Gasteiger charge is 2.22. The molecule has 1 aliphatic heterocycles. The van der Waals surface area contributed by atoms with Crippen LogP contribution in [0.2, 0.25) is 0 Å². The number of piperazine rings is 1. The second-order valence-electron chi connectivity index (χ2n) is 8.20. The topological polar surface area (TPSA) is 73.9 Å². The molecule has 34 heavy (non-hydrogen) atoms. The quantitative estimate of drug-likeness (QED) is 0.541. The van der Waals surface area contributed by atoms with Crippen molar-refractivity contribution in [3.05, 3.63) is 90.0 Å². The van der Waals surface area contributed by atoms with E-state index in [2.05, 4.69) is 26.5 Å². The number of amides is 2. The highest BCUT2D eigenvalue weighted by molar-refractivity contribution is 6.04. The van der Waals surface area contributed by atoms with Crippen molar-refractivity contribution in [2.75, 3.05) is 50.1 Å². The molecule has 2 amide bonds. The Hall–Kier alpha value is -3.84. The number of ether oxygens (including phenoxy) is 1. The summed E-state index contributed by atoms with van der Waals surface area (Å²) in [6, 6.07) is 24.8. The third-order valence-corrected chi connectivity index (χ3v) is 5.91. The van der Waals surface area contributed by atoms with E-state index in [1.807, 2.05) is 54.6 Å². The summed E-state index contributed by atoms with van der Waals surface area (Å²) >= 11 is 0. The highest BCUT2D eigenvalue weighted by Crippen LogP contribution is 2.28. The lowest BCUT2D eigenvalue weighted by atomic mass is 10.1. The molecule has 1 heterocycles. The minimum atomic E-state index is -0.217. The minimum Gasteiger partial charge on any atom is -0.495 e. The van der Waals surface area contributed by atoms with Crippen LogP contribution in [-0.4, -0.2) is 56.5 Å². The fourth-order valence-corrected chi connectivity index (χ4v) is 4.09. The fourth-order valence-electron chi connectivity index (χ4n) is 4.09. The summed E-state index contributed by atoms with van der Waals surface area (Å²) in [5.74, 6) is 0.509. The molecule has 0 aliphatic carbocycles. The second kappa shape index (κ2) is 11.3. The summed E-state index contributed by atoms with van der Waals surface area (Å²) in [7, 11) is 1.68. The van der Waals surface area contributed by atoms with Crippen LogP contribution in [0.5, 0.6) is 5.75 Å². The number of hydrogen-bond donors (Lipinski definition) is 2. The van der Waals surface area contributed by atoms with Crippen molar-refractivity contribution >= 4 is 23.2 Å². The molecule has 0 atom stereocenters. The molecule has 3 aromatic rings. The Balaban J connectivity index is 1.30. The van der Waals surface area contributed by atoms with Crippen molar-refractivity contribution < 1.29 is 14.3 Å². The summed E-state index contributed by atoms with van der Waals surface area (Å²) in [6.07, 6.45) is 0. The average Bonchev–Trinajstić information content (AvgIpc) is 2.88. The molecule has 0 aromatic heterocycles. The third-order valence-electron chi connectivity index (χ3n) is 5.91. The van der Waals surface area contributed by atoms with Crippen molar-refractivity contribution in [1.82, 2.24) is 10.2 Å². The first-order chi connectivity index (χ1) is 16.6. The molecule has 1 saturated heterocycles. The molecule has 4 rings (SSSR count). The number of para-hydroxylation sites is 3. The first-order valence-electron chi connectivity index (χ1n) is 11.5. The fraction of sp³-hybridized carbons (Fsp3) is 0.259. The van der Waals surface area contributed by atoms with Gasteiger partial charge >= 0.3 is 0 Å². The zero-order valence-electron chi connectivity index (χ0n) is 19.4. The molecule has 3 aromatic carbocycles. The summed E-state index contributed by atoms with van der Waals surface area (Å²) in [5.41, 5.74) is 3.06. The van der Waals surface area contributed by atoms with Gasteiger partial charge in [0.1, 0.15) is 5.75 Å². The molecule has 0 saturated carbocycles. The van der Waals surface area contributed by atoms with Crippen molar-refractivity contribution in [1.29, 1.82) is 0 Å². The molecule has 176 valence electrons. The van der Waals surface area contributed by atoms with Crippen molar-refractivity contribution in [3.63, 3.8) is 0 Å². The van der Waals surface area contributed by atoms with Crippen LogP contribution in [0.15, 0.2) is 78.9 Å². The minimum absolute atomic E-state index is 0.131. The van der Waals surface area contributed by atoms with E-state index in [9.17, 15) is 9.59 Å². The summed E-state index contributed by atoms with van der Waals surface area (Å²) in [4.78, 5) is 29.9. The van der Waals surface area contributed by atoms with Gasteiger partial charge in [0.15, 0.2) is 0 Å². The Morgan fingerprint density at radius 1 is 0.853 bits per heavy atom. The maximum atomic E-state index is 12.8. The van der Waals surface area contributed by atoms with Crippen LogP contribution in [0, 0.1) is 0 Å². The van der Waals surface area contributed by atoms with Gasteiger partial charge in [-0.05, 0) is 29.8 Å². The van der Waals surface area contributed by atoms with Gasteiger partial charge < -0.3 is 20.3 Å². The van der Waals surface area contributed by atoms with Crippen molar-refractivity contribution in [2.45, 2.75) is 6.54 Å². The van der Waals surface area contributed by atoms with Gasteiger partial charge in [-0.2, -0.15) is 0 Å². The third kappa shape index (κ3) is 5.94. The van der Waals surface area contributed by atoms with Gasteiger partial charge in [-0.25, -0.2) is 0 Å². The van der Waals surface area contributed by atoms with E-state index >= 15 is 0 Å². The maximum absolute atomic E-state index is 12.8. The number of hydrogen-bond acceptors (Lipinski definition) is 5. The number of carbonyl (C=O) groups is 2. The Morgan fingerprint density at radius 3 is 2.29 bits per heavy atom. The number of nitrogens with one attached hydrogen (secondary N) is 2. The van der Waals surface area contributed by atoms with Crippen LogP contribution in [0.25, 0.3) is 0 Å². The molecule has 7 heteroatoms. The largest absolute Gasteiger partial charge is 0.495 e. The van der Waals surface area contributed by atoms with Crippen LogP contribution in [-0.2, 0) is 11.3 Å². The Morgan fingerprint density at radius 2 is 1.53 bits per heavy atom. The maximum Gasteiger partial charge on any atom is 0.253 e. The number of benzene rings is 3. The zero-order chi connectivity index (χ0) is 23.8. The van der Waals surface area contributed by atoms with E-state index in [1.165, 1.54) is 0 Å². The van der Waals surface area contributed by atoms with E-state index in [0.29, 0.717) is 17.8 Å². The summed E-state index contributed by atoms with van der Waals surface area (Å²) in [5, 5.41) is 5.85. The molecule has 1 fully saturated rings. The van der Waals surface area contributed by atoms with Crippen LogP contribution >= 0.6 is 0 Å². The lowest BCUT2D eigenvalue weighted by molar-refractivity contribution is -0.117. The second-order valence-corrected chi connectivity index (χ2v) is 8.20.